The lowest BCUT2D eigenvalue weighted by molar-refractivity contribution is 0.590. The van der Waals surface area contributed by atoms with Crippen molar-refractivity contribution in [2.24, 2.45) is 0 Å². The summed E-state index contributed by atoms with van der Waals surface area (Å²) in [7, 11) is 0. The van der Waals surface area contributed by atoms with Gasteiger partial charge in [-0.15, -0.1) is 0 Å². The predicted octanol–water partition coefficient (Wildman–Crippen LogP) is 33.0. The van der Waals surface area contributed by atoms with Crippen molar-refractivity contribution in [1.82, 2.24) is 13.5 Å². The Kier molecular flexibility index (Phi) is 18.5. The van der Waals surface area contributed by atoms with Gasteiger partial charge in [0.05, 0.1) is 55.7 Å². The van der Waals surface area contributed by atoms with Crippen LogP contribution >= 0.6 is 0 Å². The predicted molar refractivity (Wildman–Crippen MR) is 570 cm³/mol. The molecule has 132 heavy (non-hydrogen) atoms. The molecule has 0 radical (unpaired) electrons. The van der Waals surface area contributed by atoms with Gasteiger partial charge in [0.25, 0.3) is 6.71 Å². The Morgan fingerprint density at radius 1 is 0.205 bits per heavy atom. The van der Waals surface area contributed by atoms with Crippen LogP contribution in [0.2, 0.25) is 0 Å². The summed E-state index contributed by atoms with van der Waals surface area (Å²) < 4.78 is 7.92. The fourth-order valence-corrected chi connectivity index (χ4v) is 22.0. The minimum absolute atomic E-state index is 0.102. The van der Waals surface area contributed by atoms with E-state index < -0.39 is 6.71 Å². The summed E-state index contributed by atoms with van der Waals surface area (Å²) in [4.78, 5) is 5.65. The molecule has 0 aliphatic carbocycles. The molecule has 0 atom stereocenters. The van der Waals surface area contributed by atoms with E-state index in [9.17, 15) is 0 Å². The van der Waals surface area contributed by atoms with E-state index in [1.807, 2.05) is 0 Å². The van der Waals surface area contributed by atoms with Crippen molar-refractivity contribution < 1.29 is 0 Å². The number of para-hydroxylation sites is 2. The van der Waals surface area contributed by atoms with Crippen molar-refractivity contribution in [3.05, 3.63) is 385 Å². The van der Waals surface area contributed by atoms with Crippen LogP contribution in [0.3, 0.4) is 0 Å². The Morgan fingerprint density at radius 3 is 0.886 bits per heavy atom. The summed E-state index contributed by atoms with van der Waals surface area (Å²) in [5.41, 5.74) is 36.3. The second-order valence-corrected chi connectivity index (χ2v) is 43.7. The van der Waals surface area contributed by atoms with E-state index in [-0.39, 0.29) is 32.5 Å². The van der Waals surface area contributed by atoms with Crippen LogP contribution < -0.4 is 26.2 Å². The van der Waals surface area contributed by atoms with Crippen molar-refractivity contribution in [2.45, 2.75) is 157 Å². The first-order valence-electron chi connectivity index (χ1n) is 47.4. The molecular weight excluding hydrogens is 1590 g/mol. The topological polar surface area (TPSA) is 20.8 Å². The standard InChI is InChI=1S/C126H112BN5/c1-121(2,3)81-54-62-107-100(66-81)101-67-82(122(4,5)6)55-63-108(101)128(107)87-58-60-104-111(74-87)131(118-96(77-38-23-19-24-39-77)70-85(125(13,14)15)71-97(118)78-40-25-20-26-41-78)114-76-113-115(95-52-37-51-94-92-49-34-32-47-90(92)89-46-31-33-48-91(89)93-50-35-36-53-106(93)130(113)117(94)95)120-116(114)127(104)105-61-59-88(129-109-64-56-83(123(7,8)9)68-102(109)103-69-84(124(10,11)12)57-65-110(103)129)75-112(105)132(120)119-98(79-42-27-21-28-43-79)72-86(126(16,17)18)73-99(119)80-44-29-22-30-45-80/h19-76H,1-18H3. The zero-order chi connectivity index (χ0) is 90.9. The molecule has 0 N–H and O–H groups in total. The monoisotopic (exact) mass is 1710 g/mol. The van der Waals surface area contributed by atoms with Crippen LogP contribution in [0.15, 0.2) is 352 Å². The highest BCUT2D eigenvalue weighted by atomic mass is 15.2. The first-order chi connectivity index (χ1) is 63.3. The van der Waals surface area contributed by atoms with Crippen LogP contribution in [0.25, 0.3) is 159 Å². The maximum absolute atomic E-state index is 2.85. The molecular formula is C126H112BN5. The Balaban J connectivity index is 0.986. The van der Waals surface area contributed by atoms with Crippen LogP contribution in [0.4, 0.5) is 34.1 Å². The number of nitrogens with zero attached hydrogens (tertiary/aromatic N) is 5. The van der Waals surface area contributed by atoms with Gasteiger partial charge in [-0.05, 0) is 235 Å². The Morgan fingerprint density at radius 2 is 0.515 bits per heavy atom. The zero-order valence-electron chi connectivity index (χ0n) is 79.3. The highest BCUT2D eigenvalue weighted by molar-refractivity contribution is 7.00. The van der Waals surface area contributed by atoms with Gasteiger partial charge < -0.3 is 23.3 Å². The molecule has 0 fully saturated rings. The lowest BCUT2D eigenvalue weighted by Crippen LogP contribution is -2.61. The quantitative estimate of drug-likeness (QED) is 0.141. The van der Waals surface area contributed by atoms with Crippen LogP contribution in [-0.4, -0.2) is 20.2 Å². The van der Waals surface area contributed by atoms with Gasteiger partial charge in [-0.3, -0.25) is 0 Å². The minimum atomic E-state index is -0.396. The van der Waals surface area contributed by atoms with Gasteiger partial charge >= 0.3 is 0 Å². The third kappa shape index (κ3) is 13.0. The van der Waals surface area contributed by atoms with Crippen LogP contribution in [0.5, 0.6) is 0 Å². The van der Waals surface area contributed by atoms with E-state index in [0.29, 0.717) is 0 Å². The van der Waals surface area contributed by atoms with E-state index >= 15 is 0 Å². The Bertz CT molecular complexity index is 8150. The van der Waals surface area contributed by atoms with E-state index in [4.69, 9.17) is 0 Å². The highest BCUT2D eigenvalue weighted by Crippen LogP contribution is 2.59. The zero-order valence-corrected chi connectivity index (χ0v) is 79.3. The molecule has 0 bridgehead atoms. The lowest BCUT2D eigenvalue weighted by atomic mass is 9.33. The smallest absolute Gasteiger partial charge is 0.252 e. The van der Waals surface area contributed by atoms with E-state index in [2.05, 4.69) is 500 Å². The second kappa shape index (κ2) is 29.7. The van der Waals surface area contributed by atoms with Crippen LogP contribution in [0.1, 0.15) is 158 Å². The summed E-state index contributed by atoms with van der Waals surface area (Å²) in [5, 5.41) is 14.4. The summed E-state index contributed by atoms with van der Waals surface area (Å²) >= 11 is 0. The highest BCUT2D eigenvalue weighted by Gasteiger charge is 2.48. The number of rotatable bonds is 8. The molecule has 2 aliphatic rings. The van der Waals surface area contributed by atoms with Gasteiger partial charge in [0.15, 0.2) is 0 Å². The molecule has 0 spiro atoms. The maximum atomic E-state index is 2.85. The summed E-state index contributed by atoms with van der Waals surface area (Å²) in [5.74, 6) is 0. The van der Waals surface area contributed by atoms with Crippen molar-refractivity contribution >= 4 is 160 Å². The number of anilines is 6. The number of hydrogen-bond donors (Lipinski definition) is 0. The second-order valence-electron chi connectivity index (χ2n) is 43.7. The summed E-state index contributed by atoms with van der Waals surface area (Å²) in [6.45, 7) is 42.1. The average Bonchev–Trinajstić information content (AvgIpc) is 1.64. The number of aromatic nitrogens is 3. The minimum Gasteiger partial charge on any atom is -0.310 e. The molecule has 4 aromatic heterocycles. The molecule has 0 unspecified atom stereocenters. The van der Waals surface area contributed by atoms with Crippen molar-refractivity contribution in [2.75, 3.05) is 9.80 Å². The lowest BCUT2D eigenvalue weighted by Gasteiger charge is -2.46. The molecule has 0 saturated carbocycles. The maximum Gasteiger partial charge on any atom is 0.252 e. The third-order valence-electron chi connectivity index (χ3n) is 29.1. The Labute approximate surface area is 776 Å². The number of benzene rings is 17. The first-order valence-corrected chi connectivity index (χ1v) is 47.4. The first kappa shape index (κ1) is 82.2. The molecule has 5 nitrogen and oxygen atoms in total. The third-order valence-corrected chi connectivity index (χ3v) is 29.1. The molecule has 23 rings (SSSR count). The normalized spacial score (nSPS) is 13.3. The van der Waals surface area contributed by atoms with Crippen molar-refractivity contribution in [1.29, 1.82) is 0 Å². The molecule has 0 amide bonds. The fourth-order valence-electron chi connectivity index (χ4n) is 22.0. The molecule has 644 valence electrons. The van der Waals surface area contributed by atoms with Gasteiger partial charge in [-0.2, -0.15) is 0 Å². The van der Waals surface area contributed by atoms with Gasteiger partial charge in [0.1, 0.15) is 0 Å². The van der Waals surface area contributed by atoms with E-state index in [1.54, 1.807) is 0 Å². The SMILES string of the molecule is CC(C)(C)c1cc(-c2ccccc2)c(N2c3cc(-n4c5ccc(C(C)(C)C)cc5c5cc(C(C)(C)C)ccc54)ccc3B3c4ccc(-n5c6ccc(C(C)(C)C)cc6c6cc(C(C)(C)C)ccc65)cc4N(c4c(-c5ccccc5)cc(C(C)(C)C)cc4-c4ccccc4)c4c3c2cc2c4c3cccc4c5ccccc5c5ccccc5c5ccccc5n2c43)c(-c2ccccc2)c1. The molecule has 2 aliphatic heterocycles. The number of hydrogen-bond acceptors (Lipinski definition) is 2. The molecule has 6 heteroatoms. The van der Waals surface area contributed by atoms with Gasteiger partial charge in [0.2, 0.25) is 0 Å². The van der Waals surface area contributed by atoms with Gasteiger partial charge in [-0.25, -0.2) is 0 Å². The average molecular weight is 1710 g/mol. The Hall–Kier alpha value is -14.2. The number of fused-ring (bicyclic) bond motifs is 21. The summed E-state index contributed by atoms with van der Waals surface area (Å²) in [6, 6.07) is 138. The van der Waals surface area contributed by atoms with Gasteiger partial charge in [0, 0.05) is 93.8 Å². The fraction of sp³-hybridized carbons (Fsp3) is 0.190. The van der Waals surface area contributed by atoms with E-state index in [1.165, 1.54) is 115 Å². The molecule has 0 saturated heterocycles. The van der Waals surface area contributed by atoms with E-state index in [0.717, 1.165) is 128 Å². The van der Waals surface area contributed by atoms with Gasteiger partial charge in [-0.1, -0.05) is 367 Å². The molecule has 21 aromatic rings. The van der Waals surface area contributed by atoms with Crippen molar-refractivity contribution in [3.8, 4) is 55.9 Å². The van der Waals surface area contributed by atoms with Crippen molar-refractivity contribution in [3.63, 3.8) is 0 Å². The largest absolute Gasteiger partial charge is 0.310 e. The molecule has 6 heterocycles. The van der Waals surface area contributed by atoms with Crippen LogP contribution in [-0.2, 0) is 32.5 Å². The van der Waals surface area contributed by atoms with Crippen LogP contribution in [0, 0.1) is 0 Å². The summed E-state index contributed by atoms with van der Waals surface area (Å²) in [6.07, 6.45) is 0. The molecule has 17 aromatic carbocycles.